The lowest BCUT2D eigenvalue weighted by Crippen LogP contribution is -2.60. The number of hydrogen-bond acceptors (Lipinski definition) is 5. The minimum Gasteiger partial charge on any atom is -0.445 e. The van der Waals surface area contributed by atoms with Crippen LogP contribution in [0.3, 0.4) is 0 Å². The number of carbonyl (C=O) groups is 3. The van der Waals surface area contributed by atoms with Gasteiger partial charge in [-0.3, -0.25) is 9.59 Å². The summed E-state index contributed by atoms with van der Waals surface area (Å²) in [5, 5.41) is 8.75. The van der Waals surface area contributed by atoms with E-state index < -0.39 is 12.1 Å². The summed E-state index contributed by atoms with van der Waals surface area (Å²) in [6.07, 6.45) is 5.78. The van der Waals surface area contributed by atoms with Crippen LogP contribution in [0.25, 0.3) is 0 Å². The van der Waals surface area contributed by atoms with Crippen LogP contribution in [0.1, 0.15) is 36.4 Å². The zero-order valence-corrected chi connectivity index (χ0v) is 19.0. The lowest BCUT2D eigenvalue weighted by atomic mass is 10.00. The van der Waals surface area contributed by atoms with Crippen molar-refractivity contribution in [2.24, 2.45) is 0 Å². The number of fused-ring (bicyclic) bond motifs is 4. The summed E-state index contributed by atoms with van der Waals surface area (Å²) in [5.74, 6) is -0.243. The molecule has 1 fully saturated rings. The number of allylic oxidation sites excluding steroid dienone is 1. The third-order valence-electron chi connectivity index (χ3n) is 5.99. The minimum atomic E-state index is -0.498. The standard InChI is InChI=1S/C26H30N4O4/c31-24-17-30-21-12-8-11-20(15-21)22(29-26(33)34-18-19-9-4-3-5-10-19)13-6-1-2-7-14-27-25(32)23(30)16-28-24/h1-5,8-12,15,22-23H,6-7,13-14,16-18H2,(H,27,32)(H,28,31)(H,29,33)/b2-1+/t22-,23?/m0/s1. The van der Waals surface area contributed by atoms with Gasteiger partial charge in [0.25, 0.3) is 0 Å². The Kier molecular flexibility index (Phi) is 7.80. The summed E-state index contributed by atoms with van der Waals surface area (Å²) < 4.78 is 5.44. The molecule has 34 heavy (non-hydrogen) atoms. The molecule has 3 amide bonds. The predicted molar refractivity (Wildman–Crippen MR) is 129 cm³/mol. The Labute approximate surface area is 199 Å². The highest BCUT2D eigenvalue weighted by Gasteiger charge is 2.32. The van der Waals surface area contributed by atoms with Crippen molar-refractivity contribution in [2.45, 2.75) is 38.0 Å². The predicted octanol–water partition coefficient (Wildman–Crippen LogP) is 2.82. The van der Waals surface area contributed by atoms with Crippen molar-refractivity contribution in [3.63, 3.8) is 0 Å². The summed E-state index contributed by atoms with van der Waals surface area (Å²) in [7, 11) is 0. The number of ether oxygens (including phenoxy) is 1. The Morgan fingerprint density at radius 1 is 1.03 bits per heavy atom. The molecule has 0 aliphatic carbocycles. The highest BCUT2D eigenvalue weighted by atomic mass is 16.5. The van der Waals surface area contributed by atoms with Crippen LogP contribution < -0.4 is 20.9 Å². The second kappa shape index (κ2) is 11.4. The van der Waals surface area contributed by atoms with Crippen molar-refractivity contribution in [3.8, 4) is 0 Å². The molecule has 0 spiro atoms. The molecule has 8 heteroatoms. The molecule has 2 atom stereocenters. The van der Waals surface area contributed by atoms with Crippen molar-refractivity contribution in [1.82, 2.24) is 16.0 Å². The Balaban J connectivity index is 1.55. The van der Waals surface area contributed by atoms with Gasteiger partial charge >= 0.3 is 6.09 Å². The number of hydrogen-bond donors (Lipinski definition) is 3. The molecule has 2 heterocycles. The molecule has 2 aromatic carbocycles. The fourth-order valence-electron chi connectivity index (χ4n) is 4.19. The van der Waals surface area contributed by atoms with E-state index in [1.165, 1.54) is 0 Å². The average molecular weight is 463 g/mol. The first kappa shape index (κ1) is 23.4. The van der Waals surface area contributed by atoms with Gasteiger partial charge in [-0.1, -0.05) is 54.6 Å². The highest BCUT2D eigenvalue weighted by molar-refractivity contribution is 5.92. The number of benzene rings is 2. The quantitative estimate of drug-likeness (QED) is 0.609. The summed E-state index contributed by atoms with van der Waals surface area (Å²) >= 11 is 0. The average Bonchev–Trinajstić information content (AvgIpc) is 2.86. The summed E-state index contributed by atoms with van der Waals surface area (Å²) in [5.41, 5.74) is 2.58. The minimum absolute atomic E-state index is 0.0959. The molecule has 2 bridgehead atoms. The monoisotopic (exact) mass is 462 g/mol. The van der Waals surface area contributed by atoms with Crippen molar-refractivity contribution in [3.05, 3.63) is 77.9 Å². The van der Waals surface area contributed by atoms with Crippen LogP contribution in [-0.4, -0.2) is 43.6 Å². The number of carbonyl (C=O) groups excluding carboxylic acids is 3. The second-order valence-corrected chi connectivity index (χ2v) is 8.43. The lowest BCUT2D eigenvalue weighted by molar-refractivity contribution is -0.125. The number of nitrogens with zero attached hydrogens (tertiary/aromatic N) is 1. The van der Waals surface area contributed by atoms with E-state index >= 15 is 0 Å². The fraction of sp³-hybridized carbons (Fsp3) is 0.346. The zero-order valence-electron chi connectivity index (χ0n) is 19.0. The van der Waals surface area contributed by atoms with E-state index in [4.69, 9.17) is 4.74 Å². The van der Waals surface area contributed by atoms with Gasteiger partial charge in [0.1, 0.15) is 12.6 Å². The Morgan fingerprint density at radius 2 is 1.85 bits per heavy atom. The van der Waals surface area contributed by atoms with E-state index in [0.717, 1.165) is 23.2 Å². The number of nitrogens with one attached hydrogen (secondary N) is 3. The third kappa shape index (κ3) is 6.15. The fourth-order valence-corrected chi connectivity index (χ4v) is 4.19. The van der Waals surface area contributed by atoms with Gasteiger partial charge in [0.15, 0.2) is 0 Å². The number of amides is 3. The smallest absolute Gasteiger partial charge is 0.407 e. The zero-order chi connectivity index (χ0) is 23.8. The molecule has 8 nitrogen and oxygen atoms in total. The highest BCUT2D eigenvalue weighted by Crippen LogP contribution is 2.26. The molecule has 1 unspecified atom stereocenters. The first-order valence-electron chi connectivity index (χ1n) is 11.6. The van der Waals surface area contributed by atoms with E-state index in [0.29, 0.717) is 19.4 Å². The van der Waals surface area contributed by atoms with Crippen LogP contribution in [0, 0.1) is 0 Å². The van der Waals surface area contributed by atoms with Crippen molar-refractivity contribution < 1.29 is 19.1 Å². The van der Waals surface area contributed by atoms with Crippen LogP contribution in [0.4, 0.5) is 10.5 Å². The van der Waals surface area contributed by atoms with Crippen LogP contribution >= 0.6 is 0 Å². The first-order chi connectivity index (χ1) is 16.6. The molecule has 4 rings (SSSR count). The number of anilines is 1. The molecule has 2 aliphatic rings. The first-order valence-corrected chi connectivity index (χ1v) is 11.6. The molecule has 0 aromatic heterocycles. The van der Waals surface area contributed by atoms with Gasteiger partial charge in [-0.2, -0.15) is 0 Å². The van der Waals surface area contributed by atoms with Gasteiger partial charge in [-0.15, -0.1) is 0 Å². The van der Waals surface area contributed by atoms with Gasteiger partial charge in [0.2, 0.25) is 11.8 Å². The molecular formula is C26H30N4O4. The van der Waals surface area contributed by atoms with E-state index in [1.807, 2.05) is 65.6 Å². The largest absolute Gasteiger partial charge is 0.445 e. The van der Waals surface area contributed by atoms with Crippen LogP contribution in [0.5, 0.6) is 0 Å². The second-order valence-electron chi connectivity index (χ2n) is 8.43. The maximum Gasteiger partial charge on any atom is 0.407 e. The summed E-state index contributed by atoms with van der Waals surface area (Å²) in [4.78, 5) is 39.4. The molecule has 1 saturated heterocycles. The van der Waals surface area contributed by atoms with Crippen molar-refractivity contribution in [1.29, 1.82) is 0 Å². The van der Waals surface area contributed by atoms with Crippen LogP contribution in [0.2, 0.25) is 0 Å². The van der Waals surface area contributed by atoms with E-state index in [1.54, 1.807) is 0 Å². The summed E-state index contributed by atoms with van der Waals surface area (Å²) in [6.45, 7) is 1.07. The number of piperazine rings is 1. The van der Waals surface area contributed by atoms with Crippen molar-refractivity contribution >= 4 is 23.6 Å². The maximum atomic E-state index is 12.8. The van der Waals surface area contributed by atoms with Gasteiger partial charge in [0.05, 0.1) is 12.6 Å². The molecule has 3 N–H and O–H groups in total. The number of alkyl carbamates (subject to hydrolysis) is 1. The maximum absolute atomic E-state index is 12.8. The van der Waals surface area contributed by atoms with E-state index in [9.17, 15) is 14.4 Å². The van der Waals surface area contributed by atoms with Crippen LogP contribution in [-0.2, 0) is 20.9 Å². The molecule has 2 aromatic rings. The number of rotatable bonds is 3. The molecule has 2 aliphatic heterocycles. The van der Waals surface area contributed by atoms with Gasteiger partial charge < -0.3 is 25.6 Å². The summed E-state index contributed by atoms with van der Waals surface area (Å²) in [6, 6.07) is 16.4. The Hall–Kier alpha value is -3.81. The Morgan fingerprint density at radius 3 is 2.71 bits per heavy atom. The SMILES string of the molecule is O=C1CN2c3cccc(c3)[C@@H](NC(=O)OCc3ccccc3)CC/C=C/CCNC(=O)C2CN1. The molecule has 0 radical (unpaired) electrons. The van der Waals surface area contributed by atoms with Crippen molar-refractivity contribution in [2.75, 3.05) is 24.5 Å². The molecular weight excluding hydrogens is 432 g/mol. The van der Waals surface area contributed by atoms with E-state index in [2.05, 4.69) is 22.0 Å². The van der Waals surface area contributed by atoms with Gasteiger partial charge in [-0.05, 0) is 42.5 Å². The topological polar surface area (TPSA) is 99.8 Å². The van der Waals surface area contributed by atoms with Crippen LogP contribution in [0.15, 0.2) is 66.7 Å². The third-order valence-corrected chi connectivity index (χ3v) is 5.99. The Bertz CT molecular complexity index is 1040. The van der Waals surface area contributed by atoms with Gasteiger partial charge in [0, 0.05) is 18.8 Å². The van der Waals surface area contributed by atoms with Gasteiger partial charge in [-0.25, -0.2) is 4.79 Å². The lowest BCUT2D eigenvalue weighted by Gasteiger charge is -2.36. The normalized spacial score (nSPS) is 21.8. The molecule has 178 valence electrons. The molecule has 0 saturated carbocycles. The van der Waals surface area contributed by atoms with E-state index in [-0.39, 0.29) is 37.6 Å².